The van der Waals surface area contributed by atoms with Gasteiger partial charge in [0.1, 0.15) is 17.7 Å². The Morgan fingerprint density at radius 2 is 2.36 bits per heavy atom. The largest absolute Gasteiger partial charge is 0.368 e. The van der Waals surface area contributed by atoms with Crippen molar-refractivity contribution in [3.8, 4) is 6.07 Å². The number of carbonyl (C=O) groups is 1. The van der Waals surface area contributed by atoms with Crippen LogP contribution in [0.25, 0.3) is 0 Å². The van der Waals surface area contributed by atoms with Crippen molar-refractivity contribution in [3.05, 3.63) is 23.9 Å². The van der Waals surface area contributed by atoms with Gasteiger partial charge >= 0.3 is 0 Å². The van der Waals surface area contributed by atoms with Crippen LogP contribution >= 0.6 is 0 Å². The summed E-state index contributed by atoms with van der Waals surface area (Å²) >= 11 is 0. The van der Waals surface area contributed by atoms with E-state index in [1.54, 1.807) is 12.1 Å². The van der Waals surface area contributed by atoms with E-state index >= 15 is 0 Å². The van der Waals surface area contributed by atoms with Gasteiger partial charge in [-0.1, -0.05) is 0 Å². The molecule has 0 aromatic carbocycles. The van der Waals surface area contributed by atoms with E-state index in [4.69, 9.17) is 10.7 Å². The normalized spacial score (nSPS) is 20.8. The number of piperazine rings is 1. The molecular weight excluding hydrogens is 280 g/mol. The maximum absolute atomic E-state index is 12.1. The SMILES string of the molecule is N#Cc1ccc(NCCN2CC(=O)N3CCC[C@H]3C2=N)nc1. The number of aromatic nitrogens is 1. The molecule has 1 aromatic heterocycles. The minimum absolute atomic E-state index is 0.0331. The molecule has 2 aliphatic heterocycles. The van der Waals surface area contributed by atoms with E-state index in [9.17, 15) is 4.79 Å². The van der Waals surface area contributed by atoms with Crippen molar-refractivity contribution >= 4 is 17.6 Å². The minimum atomic E-state index is -0.0331. The fraction of sp³-hybridized carbons (Fsp3) is 0.467. The average Bonchev–Trinajstić information content (AvgIpc) is 3.03. The number of nitrogens with zero attached hydrogens (tertiary/aromatic N) is 4. The van der Waals surface area contributed by atoms with Gasteiger partial charge in [0.15, 0.2) is 0 Å². The van der Waals surface area contributed by atoms with E-state index in [1.807, 2.05) is 15.9 Å². The quantitative estimate of drug-likeness (QED) is 0.851. The molecule has 0 aliphatic carbocycles. The predicted molar refractivity (Wildman–Crippen MR) is 81.5 cm³/mol. The number of pyridine rings is 1. The standard InChI is InChI=1S/C15H18N6O/c16-8-11-3-4-13(19-9-11)18-5-7-20-10-14(22)21-6-1-2-12(21)15(20)17/h3-4,9,12,17H,1-2,5-7,10H2,(H,18,19)/t12-/m0/s1. The summed E-state index contributed by atoms with van der Waals surface area (Å²) in [7, 11) is 0. The summed E-state index contributed by atoms with van der Waals surface area (Å²) in [6.45, 7) is 2.27. The Balaban J connectivity index is 1.53. The highest BCUT2D eigenvalue weighted by Crippen LogP contribution is 2.23. The molecule has 114 valence electrons. The van der Waals surface area contributed by atoms with E-state index in [1.165, 1.54) is 6.20 Å². The first-order chi connectivity index (χ1) is 10.7. The van der Waals surface area contributed by atoms with Crippen LogP contribution in [0.2, 0.25) is 0 Å². The van der Waals surface area contributed by atoms with Crippen molar-refractivity contribution in [3.63, 3.8) is 0 Å². The molecule has 2 aliphatic rings. The molecule has 7 nitrogen and oxygen atoms in total. The van der Waals surface area contributed by atoms with E-state index in [2.05, 4.69) is 10.3 Å². The fourth-order valence-corrected chi connectivity index (χ4v) is 2.98. The Morgan fingerprint density at radius 3 is 3.09 bits per heavy atom. The number of nitriles is 1. The van der Waals surface area contributed by atoms with Gasteiger partial charge < -0.3 is 15.1 Å². The molecule has 2 N–H and O–H groups in total. The molecule has 0 unspecified atom stereocenters. The number of fused-ring (bicyclic) bond motifs is 1. The lowest BCUT2D eigenvalue weighted by atomic mass is 10.1. The van der Waals surface area contributed by atoms with Gasteiger partial charge in [-0.2, -0.15) is 5.26 Å². The molecule has 1 amide bonds. The summed E-state index contributed by atoms with van der Waals surface area (Å²) < 4.78 is 0. The molecule has 2 saturated heterocycles. The molecule has 1 atom stereocenters. The lowest BCUT2D eigenvalue weighted by molar-refractivity contribution is -0.133. The third-order valence-electron chi connectivity index (χ3n) is 4.14. The number of hydrogen-bond acceptors (Lipinski definition) is 5. The first-order valence-corrected chi connectivity index (χ1v) is 7.42. The summed E-state index contributed by atoms with van der Waals surface area (Å²) in [6, 6.07) is 5.45. The second-order valence-electron chi connectivity index (χ2n) is 5.52. The van der Waals surface area contributed by atoms with E-state index in [-0.39, 0.29) is 18.5 Å². The van der Waals surface area contributed by atoms with Crippen LogP contribution in [0.1, 0.15) is 18.4 Å². The van der Waals surface area contributed by atoms with Crippen molar-refractivity contribution in [2.75, 3.05) is 31.5 Å². The summed E-state index contributed by atoms with van der Waals surface area (Å²) in [5, 5.41) is 20.1. The van der Waals surface area contributed by atoms with Crippen molar-refractivity contribution in [2.24, 2.45) is 0 Å². The Kier molecular flexibility index (Phi) is 3.92. The molecule has 22 heavy (non-hydrogen) atoms. The summed E-state index contributed by atoms with van der Waals surface area (Å²) in [4.78, 5) is 19.9. The number of rotatable bonds is 4. The van der Waals surface area contributed by atoms with Gasteiger partial charge in [-0.3, -0.25) is 10.2 Å². The number of anilines is 1. The van der Waals surface area contributed by atoms with Crippen LogP contribution in [-0.2, 0) is 4.79 Å². The van der Waals surface area contributed by atoms with Crippen LogP contribution in [0.15, 0.2) is 18.3 Å². The maximum atomic E-state index is 12.1. The maximum Gasteiger partial charge on any atom is 0.242 e. The Bertz CT molecular complexity index is 620. The van der Waals surface area contributed by atoms with E-state index in [0.717, 1.165) is 19.4 Å². The second-order valence-corrected chi connectivity index (χ2v) is 5.52. The summed E-state index contributed by atoms with van der Waals surface area (Å²) in [5.41, 5.74) is 0.523. The highest BCUT2D eigenvalue weighted by atomic mass is 16.2. The van der Waals surface area contributed by atoms with Gasteiger partial charge in [0.05, 0.1) is 18.2 Å². The van der Waals surface area contributed by atoms with E-state index < -0.39 is 0 Å². The Labute approximate surface area is 129 Å². The van der Waals surface area contributed by atoms with Gasteiger partial charge in [0.25, 0.3) is 0 Å². The number of carbonyl (C=O) groups excluding carboxylic acids is 1. The first-order valence-electron chi connectivity index (χ1n) is 7.42. The molecule has 3 rings (SSSR count). The van der Waals surface area contributed by atoms with Gasteiger partial charge in [-0.05, 0) is 25.0 Å². The number of hydrogen-bond donors (Lipinski definition) is 2. The van der Waals surface area contributed by atoms with E-state index in [0.29, 0.717) is 30.3 Å². The van der Waals surface area contributed by atoms with Crippen LogP contribution in [-0.4, -0.2) is 58.7 Å². The molecule has 7 heteroatoms. The highest BCUT2D eigenvalue weighted by Gasteiger charge is 2.39. The third-order valence-corrected chi connectivity index (χ3v) is 4.14. The predicted octanol–water partition coefficient (Wildman–Crippen LogP) is 0.649. The summed E-state index contributed by atoms with van der Waals surface area (Å²) in [6.07, 6.45) is 3.40. The van der Waals surface area contributed by atoms with Crippen LogP contribution in [0.4, 0.5) is 5.82 Å². The lowest BCUT2D eigenvalue weighted by Crippen LogP contribution is -2.57. The van der Waals surface area contributed by atoms with Crippen molar-refractivity contribution in [1.82, 2.24) is 14.8 Å². The summed E-state index contributed by atoms with van der Waals surface area (Å²) in [5.74, 6) is 1.36. The highest BCUT2D eigenvalue weighted by molar-refractivity contribution is 5.96. The molecular formula is C15H18N6O. The van der Waals surface area contributed by atoms with Gasteiger partial charge in [0.2, 0.25) is 5.91 Å². The molecule has 0 radical (unpaired) electrons. The molecule has 3 heterocycles. The number of nitrogens with one attached hydrogen (secondary N) is 2. The first kappa shape index (κ1) is 14.3. The Morgan fingerprint density at radius 1 is 1.50 bits per heavy atom. The minimum Gasteiger partial charge on any atom is -0.368 e. The van der Waals surface area contributed by atoms with Crippen molar-refractivity contribution in [2.45, 2.75) is 18.9 Å². The smallest absolute Gasteiger partial charge is 0.242 e. The van der Waals surface area contributed by atoms with Crippen molar-refractivity contribution < 1.29 is 4.79 Å². The number of amides is 1. The number of amidine groups is 1. The molecule has 2 fully saturated rings. The molecule has 0 spiro atoms. The zero-order valence-corrected chi connectivity index (χ0v) is 12.2. The topological polar surface area (TPSA) is 96.1 Å². The second kappa shape index (κ2) is 6.02. The van der Waals surface area contributed by atoms with Gasteiger partial charge in [0, 0.05) is 25.8 Å². The molecule has 0 saturated carbocycles. The third kappa shape index (κ3) is 2.72. The monoisotopic (exact) mass is 298 g/mol. The zero-order chi connectivity index (χ0) is 15.5. The van der Waals surface area contributed by atoms with Crippen LogP contribution in [0.3, 0.4) is 0 Å². The molecule has 1 aromatic rings. The Hall–Kier alpha value is -2.62. The van der Waals surface area contributed by atoms with Crippen LogP contribution in [0, 0.1) is 16.7 Å². The average molecular weight is 298 g/mol. The van der Waals surface area contributed by atoms with Crippen LogP contribution < -0.4 is 5.32 Å². The van der Waals surface area contributed by atoms with Gasteiger partial charge in [-0.25, -0.2) is 4.98 Å². The van der Waals surface area contributed by atoms with Crippen molar-refractivity contribution in [1.29, 1.82) is 10.7 Å². The zero-order valence-electron chi connectivity index (χ0n) is 12.2. The lowest BCUT2D eigenvalue weighted by Gasteiger charge is -2.38. The van der Waals surface area contributed by atoms with Gasteiger partial charge in [-0.15, -0.1) is 0 Å². The van der Waals surface area contributed by atoms with Crippen LogP contribution in [0.5, 0.6) is 0 Å². The fourth-order valence-electron chi connectivity index (χ4n) is 2.98. The molecule has 0 bridgehead atoms.